The number of hydrogen-bond acceptors (Lipinski definition) is 6. The molecule has 0 saturated carbocycles. The van der Waals surface area contributed by atoms with Gasteiger partial charge in [-0.2, -0.15) is 0 Å². The number of thioether (sulfide) groups is 2. The second kappa shape index (κ2) is 18.3. The lowest BCUT2D eigenvalue weighted by atomic mass is 10.0. The molecule has 0 aliphatic carbocycles. The van der Waals surface area contributed by atoms with Gasteiger partial charge in [-0.05, 0) is 42.5 Å². The lowest BCUT2D eigenvalue weighted by Crippen LogP contribution is -2.33. The van der Waals surface area contributed by atoms with E-state index in [4.69, 9.17) is 5.11 Å². The molecule has 0 aromatic heterocycles. The van der Waals surface area contributed by atoms with Crippen LogP contribution < -0.4 is 4.90 Å². The highest BCUT2D eigenvalue weighted by Gasteiger charge is 2.36. The summed E-state index contributed by atoms with van der Waals surface area (Å²) < 4.78 is 0. The number of carbonyl (C=O) groups excluding carboxylic acids is 2. The van der Waals surface area contributed by atoms with Gasteiger partial charge >= 0.3 is 5.97 Å². The van der Waals surface area contributed by atoms with Crippen LogP contribution in [0.2, 0.25) is 0 Å². The summed E-state index contributed by atoms with van der Waals surface area (Å²) >= 11 is 2.45. The Morgan fingerprint density at radius 3 is 1.88 bits per heavy atom. The first-order valence-electron chi connectivity index (χ1n) is 15.2. The largest absolute Gasteiger partial charge is 0.480 e. The van der Waals surface area contributed by atoms with E-state index in [0.717, 1.165) is 34.7 Å². The Kier molecular flexibility index (Phi) is 14.8. The molecular weight excluding hydrogens is 540 g/mol. The summed E-state index contributed by atoms with van der Waals surface area (Å²) in [5, 5.41) is 9.46. The Balaban J connectivity index is 1.35. The van der Waals surface area contributed by atoms with Crippen LogP contribution in [0.3, 0.4) is 0 Å². The summed E-state index contributed by atoms with van der Waals surface area (Å²) in [7, 11) is 0. The van der Waals surface area contributed by atoms with Crippen LogP contribution in [0, 0.1) is 0 Å². The predicted octanol–water partition coefficient (Wildman–Crippen LogP) is 9.37. The van der Waals surface area contributed by atoms with E-state index < -0.39 is 23.7 Å². The standard InChI is InChI=1S/C32H46N2O4S2/c1-2-3-4-5-6-7-8-9-10-11-12-13-14-15-16-19-24-33-26-20-17-18-21-27(26)39-29(33)23-22-28-31(37)34(25-30(35)36)32(38)40-28/h17-18,20-23H,2-16,19,24-25H2,1H3,(H,35,36)/b28-22+,29-23+. The number of rotatable bonds is 20. The molecule has 1 aromatic carbocycles. The highest BCUT2D eigenvalue weighted by molar-refractivity contribution is 8.18. The Bertz CT molecular complexity index is 1040. The normalized spacial score (nSPS) is 17.0. The molecule has 2 aliphatic heterocycles. The van der Waals surface area contributed by atoms with Crippen molar-refractivity contribution >= 4 is 46.3 Å². The average molecular weight is 587 g/mol. The zero-order valence-electron chi connectivity index (χ0n) is 24.1. The lowest BCUT2D eigenvalue weighted by Gasteiger charge is -2.20. The molecule has 1 aromatic rings. The Morgan fingerprint density at radius 1 is 0.750 bits per heavy atom. The van der Waals surface area contributed by atoms with Crippen molar-refractivity contribution in [1.82, 2.24) is 4.90 Å². The maximum absolute atomic E-state index is 12.5. The molecule has 0 spiro atoms. The van der Waals surface area contributed by atoms with Crippen LogP contribution in [0.25, 0.3) is 0 Å². The van der Waals surface area contributed by atoms with Crippen molar-refractivity contribution < 1.29 is 19.5 Å². The van der Waals surface area contributed by atoms with Gasteiger partial charge in [0.25, 0.3) is 11.1 Å². The van der Waals surface area contributed by atoms with Gasteiger partial charge in [-0.3, -0.25) is 19.3 Å². The number of carboxylic acid groups (broad SMARTS) is 1. The lowest BCUT2D eigenvalue weighted by molar-refractivity contribution is -0.140. The van der Waals surface area contributed by atoms with Crippen LogP contribution in [-0.4, -0.2) is 40.2 Å². The second-order valence-electron chi connectivity index (χ2n) is 10.7. The fourth-order valence-corrected chi connectivity index (χ4v) is 7.03. The van der Waals surface area contributed by atoms with E-state index in [1.807, 2.05) is 18.2 Å². The SMILES string of the molecule is CCCCCCCCCCCCCCCCCCN1/C(=C\C=C2\SC(=O)N(CC(=O)O)C2=O)Sc2ccccc21. The predicted molar refractivity (Wildman–Crippen MR) is 168 cm³/mol. The molecule has 0 unspecified atom stereocenters. The Labute approximate surface area is 249 Å². The number of amides is 2. The number of para-hydroxylation sites is 1. The molecule has 2 aliphatic rings. The van der Waals surface area contributed by atoms with Gasteiger partial charge in [0.1, 0.15) is 6.54 Å². The second-order valence-corrected chi connectivity index (χ2v) is 12.8. The summed E-state index contributed by atoms with van der Waals surface area (Å²) in [6.07, 6.45) is 25.1. The molecule has 8 heteroatoms. The van der Waals surface area contributed by atoms with E-state index in [0.29, 0.717) is 0 Å². The van der Waals surface area contributed by atoms with Crippen molar-refractivity contribution in [2.24, 2.45) is 0 Å². The number of aliphatic carboxylic acids is 1. The molecule has 1 N–H and O–H groups in total. The molecule has 40 heavy (non-hydrogen) atoms. The highest BCUT2D eigenvalue weighted by Crippen LogP contribution is 2.46. The van der Waals surface area contributed by atoms with E-state index in [1.54, 1.807) is 17.8 Å². The number of hydrogen-bond donors (Lipinski definition) is 1. The van der Waals surface area contributed by atoms with Crippen LogP contribution in [-0.2, 0) is 9.59 Å². The van der Waals surface area contributed by atoms with E-state index in [2.05, 4.69) is 24.0 Å². The van der Waals surface area contributed by atoms with Gasteiger partial charge in [-0.15, -0.1) is 0 Å². The number of imide groups is 1. The van der Waals surface area contributed by atoms with E-state index in [1.165, 1.54) is 107 Å². The number of carbonyl (C=O) groups is 3. The van der Waals surface area contributed by atoms with Crippen LogP contribution >= 0.6 is 23.5 Å². The van der Waals surface area contributed by atoms with E-state index >= 15 is 0 Å². The summed E-state index contributed by atoms with van der Waals surface area (Å²) in [4.78, 5) is 40.1. The smallest absolute Gasteiger partial charge is 0.323 e. The molecule has 0 bridgehead atoms. The summed E-state index contributed by atoms with van der Waals surface area (Å²) in [5.74, 6) is -1.74. The third-order valence-corrected chi connectivity index (χ3v) is 9.47. The van der Waals surface area contributed by atoms with Crippen molar-refractivity contribution in [3.05, 3.63) is 46.4 Å². The van der Waals surface area contributed by atoms with Crippen molar-refractivity contribution in [2.75, 3.05) is 18.0 Å². The van der Waals surface area contributed by atoms with Gasteiger partial charge in [0.05, 0.1) is 15.6 Å². The number of anilines is 1. The maximum atomic E-state index is 12.5. The average Bonchev–Trinajstić information content (AvgIpc) is 3.42. The number of fused-ring (bicyclic) bond motifs is 1. The molecule has 3 rings (SSSR count). The fraction of sp³-hybridized carbons (Fsp3) is 0.594. The van der Waals surface area contributed by atoms with Crippen LogP contribution in [0.4, 0.5) is 10.5 Å². The minimum atomic E-state index is -1.20. The molecule has 0 atom stereocenters. The van der Waals surface area contributed by atoms with Crippen molar-refractivity contribution in [2.45, 2.75) is 115 Å². The zero-order chi connectivity index (χ0) is 28.6. The highest BCUT2D eigenvalue weighted by atomic mass is 32.2. The first kappa shape index (κ1) is 32.3. The third kappa shape index (κ3) is 10.7. The molecule has 0 radical (unpaired) electrons. The molecule has 2 amide bonds. The zero-order valence-corrected chi connectivity index (χ0v) is 25.7. The Morgan fingerprint density at radius 2 is 1.30 bits per heavy atom. The molecule has 1 fully saturated rings. The summed E-state index contributed by atoms with van der Waals surface area (Å²) in [6.45, 7) is 2.57. The summed E-state index contributed by atoms with van der Waals surface area (Å²) in [6, 6.07) is 8.29. The van der Waals surface area contributed by atoms with E-state index in [-0.39, 0.29) is 4.91 Å². The van der Waals surface area contributed by atoms with E-state index in [9.17, 15) is 14.4 Å². The van der Waals surface area contributed by atoms with Crippen molar-refractivity contribution in [1.29, 1.82) is 0 Å². The first-order valence-corrected chi connectivity index (χ1v) is 16.9. The van der Waals surface area contributed by atoms with Crippen molar-refractivity contribution in [3.63, 3.8) is 0 Å². The van der Waals surface area contributed by atoms with Gasteiger partial charge < -0.3 is 10.0 Å². The molecule has 6 nitrogen and oxygen atoms in total. The monoisotopic (exact) mass is 586 g/mol. The third-order valence-electron chi connectivity index (χ3n) is 7.42. The first-order chi connectivity index (χ1) is 19.5. The van der Waals surface area contributed by atoms with Gasteiger partial charge in [0, 0.05) is 11.4 Å². The van der Waals surface area contributed by atoms with Crippen LogP contribution in [0.15, 0.2) is 51.2 Å². The Hall–Kier alpha value is -2.19. The van der Waals surface area contributed by atoms with Crippen LogP contribution in [0.1, 0.15) is 110 Å². The number of unbranched alkanes of at least 4 members (excludes halogenated alkanes) is 15. The molecular formula is C32H46N2O4S2. The number of carboxylic acids is 1. The fourth-order valence-electron chi connectivity index (χ4n) is 5.16. The number of benzene rings is 1. The van der Waals surface area contributed by atoms with Crippen LogP contribution in [0.5, 0.6) is 0 Å². The molecule has 220 valence electrons. The van der Waals surface area contributed by atoms with Gasteiger partial charge in [0.15, 0.2) is 0 Å². The quantitative estimate of drug-likeness (QED) is 0.120. The van der Waals surface area contributed by atoms with Gasteiger partial charge in [-0.25, -0.2) is 0 Å². The summed E-state index contributed by atoms with van der Waals surface area (Å²) in [5.41, 5.74) is 1.17. The maximum Gasteiger partial charge on any atom is 0.323 e. The number of allylic oxidation sites excluding steroid dienone is 2. The topological polar surface area (TPSA) is 77.9 Å². The molecule has 2 heterocycles. The molecule has 1 saturated heterocycles. The van der Waals surface area contributed by atoms with Crippen molar-refractivity contribution in [3.8, 4) is 0 Å². The minimum Gasteiger partial charge on any atom is -0.480 e. The van der Waals surface area contributed by atoms with Gasteiger partial charge in [0.2, 0.25) is 0 Å². The number of nitrogens with zero attached hydrogens (tertiary/aromatic N) is 2. The minimum absolute atomic E-state index is 0.262. The van der Waals surface area contributed by atoms with Gasteiger partial charge in [-0.1, -0.05) is 127 Å².